The molecular formula is C4H5BCl4Mg2O2S. The first-order chi connectivity index (χ1) is 3.80. The van der Waals surface area contributed by atoms with Gasteiger partial charge in [-0.1, -0.05) is 12.1 Å². The molecule has 0 aliphatic carbocycles. The summed E-state index contributed by atoms with van der Waals surface area (Å²) in [5.74, 6) is 0. The van der Waals surface area contributed by atoms with Crippen molar-refractivity contribution in [3.05, 3.63) is 17.5 Å². The van der Waals surface area contributed by atoms with Gasteiger partial charge < -0.3 is 59.7 Å². The van der Waals surface area contributed by atoms with Crippen molar-refractivity contribution in [1.82, 2.24) is 0 Å². The fourth-order valence-electron chi connectivity index (χ4n) is 0.438. The summed E-state index contributed by atoms with van der Waals surface area (Å²) in [7, 11) is -1.30. The molecule has 10 heteroatoms. The van der Waals surface area contributed by atoms with Crippen molar-refractivity contribution in [2.75, 3.05) is 0 Å². The summed E-state index contributed by atoms with van der Waals surface area (Å²) in [4.78, 5) is 0. The molecule has 0 saturated carbocycles. The van der Waals surface area contributed by atoms with E-state index in [0.29, 0.717) is 4.78 Å². The Morgan fingerprint density at radius 2 is 1.43 bits per heavy atom. The number of hydrogen-bond donors (Lipinski definition) is 2. The summed E-state index contributed by atoms with van der Waals surface area (Å²) >= 11 is 1.33. The molecule has 74 valence electrons. The summed E-state index contributed by atoms with van der Waals surface area (Å²) in [6.07, 6.45) is 0. The van der Waals surface area contributed by atoms with Crippen LogP contribution in [0.1, 0.15) is 0 Å². The topological polar surface area (TPSA) is 40.5 Å². The van der Waals surface area contributed by atoms with E-state index in [1.54, 1.807) is 17.5 Å². The number of rotatable bonds is 1. The number of hydrogen-bond acceptors (Lipinski definition) is 3. The van der Waals surface area contributed by atoms with Gasteiger partial charge in [0.1, 0.15) is 0 Å². The van der Waals surface area contributed by atoms with Crippen molar-refractivity contribution in [2.45, 2.75) is 0 Å². The SMILES string of the molecule is OB(O)c1cccs1.[Cl-].[Cl-].[Cl-].[Cl-].[Mg+2].[Mg+2]. The molecule has 1 aromatic heterocycles. The summed E-state index contributed by atoms with van der Waals surface area (Å²) < 4.78 is 0.588. The van der Waals surface area contributed by atoms with E-state index in [4.69, 9.17) is 10.0 Å². The molecule has 2 N–H and O–H groups in total. The molecule has 14 heavy (non-hydrogen) atoms. The Bertz CT molecular complexity index is 168. The second kappa shape index (κ2) is 20.7. The molecule has 2 nitrogen and oxygen atoms in total. The van der Waals surface area contributed by atoms with Crippen LogP contribution >= 0.6 is 11.3 Å². The first-order valence-corrected chi connectivity index (χ1v) is 3.08. The summed E-state index contributed by atoms with van der Waals surface area (Å²) in [5.41, 5.74) is 0. The van der Waals surface area contributed by atoms with Crippen LogP contribution in [0.5, 0.6) is 0 Å². The summed E-state index contributed by atoms with van der Waals surface area (Å²) in [6, 6.07) is 3.45. The quantitative estimate of drug-likeness (QED) is 0.505. The predicted octanol–water partition coefficient (Wildman–Crippen LogP) is -13.3. The van der Waals surface area contributed by atoms with Gasteiger partial charge in [-0.2, -0.15) is 11.3 Å². The average molecular weight is 318 g/mol. The van der Waals surface area contributed by atoms with Crippen molar-refractivity contribution >= 4 is 69.3 Å². The van der Waals surface area contributed by atoms with Gasteiger partial charge in [-0.3, -0.25) is 0 Å². The third-order valence-corrected chi connectivity index (χ3v) is 1.71. The van der Waals surface area contributed by atoms with E-state index >= 15 is 0 Å². The van der Waals surface area contributed by atoms with Gasteiger partial charge in [0.25, 0.3) is 0 Å². The predicted molar refractivity (Wildman–Crippen MR) is 45.7 cm³/mol. The van der Waals surface area contributed by atoms with E-state index < -0.39 is 7.12 Å². The minimum Gasteiger partial charge on any atom is -1.00 e. The van der Waals surface area contributed by atoms with Gasteiger partial charge in [-0.05, 0) is 5.38 Å². The zero-order valence-electron chi connectivity index (χ0n) is 7.04. The van der Waals surface area contributed by atoms with Gasteiger partial charge in [0.2, 0.25) is 0 Å². The molecule has 0 atom stereocenters. The fourth-order valence-corrected chi connectivity index (χ4v) is 1.03. The van der Waals surface area contributed by atoms with Crippen molar-refractivity contribution in [1.29, 1.82) is 0 Å². The molecule has 0 unspecified atom stereocenters. The van der Waals surface area contributed by atoms with E-state index in [1.165, 1.54) is 11.3 Å². The molecule has 0 saturated heterocycles. The maximum Gasteiger partial charge on any atom is 2.00 e. The molecule has 1 rings (SSSR count). The van der Waals surface area contributed by atoms with Gasteiger partial charge in [-0.25, -0.2) is 0 Å². The largest absolute Gasteiger partial charge is 2.00 e. The van der Waals surface area contributed by atoms with Crippen LogP contribution < -0.4 is 54.4 Å². The Labute approximate surface area is 145 Å². The van der Waals surface area contributed by atoms with Crippen molar-refractivity contribution < 1.29 is 59.7 Å². The van der Waals surface area contributed by atoms with Crippen LogP contribution in [0.25, 0.3) is 0 Å². The van der Waals surface area contributed by atoms with E-state index in [2.05, 4.69) is 0 Å². The second-order valence-electron chi connectivity index (χ2n) is 1.39. The van der Waals surface area contributed by atoms with Crippen LogP contribution in [0, 0.1) is 0 Å². The zero-order chi connectivity index (χ0) is 5.98. The Kier molecular flexibility index (Phi) is 53.3. The first-order valence-electron chi connectivity index (χ1n) is 2.20. The first kappa shape index (κ1) is 36.0. The molecule has 0 aliphatic rings. The van der Waals surface area contributed by atoms with E-state index in [0.717, 1.165) is 0 Å². The molecule has 0 aliphatic heterocycles. The average Bonchev–Trinajstić information content (AvgIpc) is 2.12. The van der Waals surface area contributed by atoms with Crippen molar-refractivity contribution in [3.8, 4) is 0 Å². The van der Waals surface area contributed by atoms with E-state index in [-0.39, 0.29) is 95.7 Å². The Morgan fingerprint density at radius 1 is 1.00 bits per heavy atom. The fraction of sp³-hybridized carbons (Fsp3) is 0. The third-order valence-electron chi connectivity index (χ3n) is 0.798. The van der Waals surface area contributed by atoms with Gasteiger partial charge in [0.15, 0.2) is 0 Å². The molecule has 0 radical (unpaired) electrons. The maximum atomic E-state index is 8.48. The summed E-state index contributed by atoms with van der Waals surface area (Å²) in [6.45, 7) is 0. The number of thiophene rings is 1. The van der Waals surface area contributed by atoms with E-state index in [1.807, 2.05) is 0 Å². The van der Waals surface area contributed by atoms with Crippen LogP contribution in [-0.4, -0.2) is 63.3 Å². The van der Waals surface area contributed by atoms with Gasteiger partial charge in [0.05, 0.1) is 0 Å². The maximum absolute atomic E-state index is 8.48. The Hall–Kier alpha value is 2.38. The minimum absolute atomic E-state index is 0. The molecule has 0 amide bonds. The second-order valence-corrected chi connectivity index (χ2v) is 2.37. The van der Waals surface area contributed by atoms with Crippen LogP contribution in [0.4, 0.5) is 0 Å². The van der Waals surface area contributed by atoms with Crippen molar-refractivity contribution in [2.24, 2.45) is 0 Å². The normalized spacial score (nSPS) is 5.29. The monoisotopic (exact) mass is 316 g/mol. The van der Waals surface area contributed by atoms with Gasteiger partial charge in [0, 0.05) is 4.78 Å². The van der Waals surface area contributed by atoms with E-state index in [9.17, 15) is 0 Å². The van der Waals surface area contributed by atoms with Crippen LogP contribution in [0.15, 0.2) is 17.5 Å². The summed E-state index contributed by atoms with van der Waals surface area (Å²) in [5, 5.41) is 18.8. The molecule has 1 aromatic rings. The number of halogens is 4. The standard InChI is InChI=1S/C4H5BO2S.4ClH.2Mg/c6-5(7)4-2-1-3-8-4;;;;;;/h1-3,6-7H;4*1H;;/q;;;;;2*+2/p-4. The minimum atomic E-state index is -1.30. The van der Waals surface area contributed by atoms with Crippen LogP contribution in [0.2, 0.25) is 0 Å². The smallest absolute Gasteiger partial charge is 1.00 e. The zero-order valence-corrected chi connectivity index (χ0v) is 13.7. The van der Waals surface area contributed by atoms with Crippen LogP contribution in [0.3, 0.4) is 0 Å². The van der Waals surface area contributed by atoms with Gasteiger partial charge in [-0.15, -0.1) is 0 Å². The van der Waals surface area contributed by atoms with Crippen molar-refractivity contribution in [3.63, 3.8) is 0 Å². The molecule has 0 fully saturated rings. The van der Waals surface area contributed by atoms with Crippen LogP contribution in [-0.2, 0) is 0 Å². The Morgan fingerprint density at radius 3 is 1.57 bits per heavy atom. The Balaban J connectivity index is -0.0000000267. The molecular weight excluding hydrogens is 313 g/mol. The third kappa shape index (κ3) is 14.4. The molecule has 1 heterocycles. The molecule has 0 aromatic carbocycles. The molecule has 0 spiro atoms. The molecule has 0 bridgehead atoms. The van der Waals surface area contributed by atoms with Gasteiger partial charge >= 0.3 is 53.2 Å².